The highest BCUT2D eigenvalue weighted by molar-refractivity contribution is 6.06. The summed E-state index contributed by atoms with van der Waals surface area (Å²) in [4.78, 5) is 21.4. The van der Waals surface area contributed by atoms with Crippen LogP contribution >= 0.6 is 0 Å². The molecule has 3 aromatic rings. The van der Waals surface area contributed by atoms with Crippen LogP contribution in [0.2, 0.25) is 0 Å². The quantitative estimate of drug-likeness (QED) is 0.593. The van der Waals surface area contributed by atoms with Gasteiger partial charge in [-0.25, -0.2) is 5.43 Å². The number of nitrogens with zero attached hydrogens (tertiary/aromatic N) is 3. The predicted octanol–water partition coefficient (Wildman–Crippen LogP) is 3.27. The highest BCUT2D eigenvalue weighted by Crippen LogP contribution is 2.40. The smallest absolute Gasteiger partial charge is 0.267 e. The van der Waals surface area contributed by atoms with Crippen molar-refractivity contribution in [1.82, 2.24) is 15.4 Å². The van der Waals surface area contributed by atoms with Gasteiger partial charge >= 0.3 is 0 Å². The van der Waals surface area contributed by atoms with Crippen LogP contribution in [0, 0.1) is 0 Å². The third kappa shape index (κ3) is 3.01. The highest BCUT2D eigenvalue weighted by Gasteiger charge is 2.26. The van der Waals surface area contributed by atoms with E-state index in [0.29, 0.717) is 17.2 Å². The van der Waals surface area contributed by atoms with Gasteiger partial charge in [-0.05, 0) is 37.1 Å². The van der Waals surface area contributed by atoms with Gasteiger partial charge in [-0.3, -0.25) is 14.8 Å². The Morgan fingerprint density at radius 1 is 1.17 bits per heavy atom. The summed E-state index contributed by atoms with van der Waals surface area (Å²) < 4.78 is 0. The summed E-state index contributed by atoms with van der Waals surface area (Å²) in [6.07, 6.45) is 5.50. The van der Waals surface area contributed by atoms with Crippen LogP contribution < -0.4 is 5.43 Å². The second-order valence-electron chi connectivity index (χ2n) is 5.84. The van der Waals surface area contributed by atoms with Crippen LogP contribution in [0.15, 0.2) is 59.8 Å². The molecular formula is C19H16N4O. The molecule has 5 nitrogen and oxygen atoms in total. The van der Waals surface area contributed by atoms with Crippen LogP contribution in [-0.4, -0.2) is 22.1 Å². The van der Waals surface area contributed by atoms with Crippen molar-refractivity contribution in [2.45, 2.75) is 18.8 Å². The van der Waals surface area contributed by atoms with Crippen LogP contribution in [0.25, 0.3) is 10.9 Å². The topological polar surface area (TPSA) is 67.2 Å². The van der Waals surface area contributed by atoms with Gasteiger partial charge in [-0.2, -0.15) is 5.10 Å². The number of hydrogen-bond acceptors (Lipinski definition) is 4. The predicted molar refractivity (Wildman–Crippen MR) is 93.0 cm³/mol. The largest absolute Gasteiger partial charge is 0.272 e. The van der Waals surface area contributed by atoms with Crippen LogP contribution in [0.5, 0.6) is 0 Å². The average molecular weight is 316 g/mol. The number of para-hydroxylation sites is 1. The third-order valence-corrected chi connectivity index (χ3v) is 4.03. The number of carbonyl (C=O) groups excluding carboxylic acids is 1. The lowest BCUT2D eigenvalue weighted by atomic mass is 10.1. The van der Waals surface area contributed by atoms with Gasteiger partial charge in [0.2, 0.25) is 0 Å². The summed E-state index contributed by atoms with van der Waals surface area (Å²) in [5.41, 5.74) is 5.73. The Balaban J connectivity index is 1.62. The van der Waals surface area contributed by atoms with E-state index in [0.717, 1.165) is 29.4 Å². The molecule has 24 heavy (non-hydrogen) atoms. The molecular weight excluding hydrogens is 300 g/mol. The Kier molecular flexibility index (Phi) is 3.75. The molecule has 5 heteroatoms. The fraction of sp³-hybridized carbons (Fsp3) is 0.158. The van der Waals surface area contributed by atoms with Crippen molar-refractivity contribution >= 4 is 23.0 Å². The molecule has 2 heterocycles. The lowest BCUT2D eigenvalue weighted by molar-refractivity contribution is 0.0956. The van der Waals surface area contributed by atoms with E-state index in [1.807, 2.05) is 48.5 Å². The number of rotatable bonds is 4. The van der Waals surface area contributed by atoms with E-state index in [1.54, 1.807) is 6.20 Å². The Hall–Kier alpha value is -3.08. The molecule has 0 bridgehead atoms. The second kappa shape index (κ2) is 6.20. The van der Waals surface area contributed by atoms with Gasteiger partial charge in [0, 0.05) is 23.2 Å². The van der Waals surface area contributed by atoms with Crippen LogP contribution in [-0.2, 0) is 0 Å². The van der Waals surface area contributed by atoms with E-state index in [4.69, 9.17) is 0 Å². The number of hydrazone groups is 1. The third-order valence-electron chi connectivity index (χ3n) is 4.03. The number of aromatic nitrogens is 2. The molecule has 0 saturated heterocycles. The van der Waals surface area contributed by atoms with Crippen molar-refractivity contribution in [3.8, 4) is 0 Å². The van der Waals surface area contributed by atoms with Gasteiger partial charge in [0.15, 0.2) is 0 Å². The number of hydrogen-bond donors (Lipinski definition) is 1. The normalized spacial score (nSPS) is 14.2. The van der Waals surface area contributed by atoms with Crippen molar-refractivity contribution < 1.29 is 4.79 Å². The fourth-order valence-electron chi connectivity index (χ4n) is 2.64. The second-order valence-corrected chi connectivity index (χ2v) is 5.84. The molecule has 0 aliphatic heterocycles. The molecule has 1 amide bonds. The number of amides is 1. The van der Waals surface area contributed by atoms with E-state index < -0.39 is 0 Å². The van der Waals surface area contributed by atoms with Gasteiger partial charge in [-0.15, -0.1) is 0 Å². The Bertz CT molecular complexity index is 917. The minimum Gasteiger partial charge on any atom is -0.267 e. The molecule has 1 aliphatic carbocycles. The Labute approximate surface area is 139 Å². The first-order valence-corrected chi connectivity index (χ1v) is 7.95. The van der Waals surface area contributed by atoms with Gasteiger partial charge in [0.05, 0.1) is 23.0 Å². The van der Waals surface area contributed by atoms with Gasteiger partial charge in [0.25, 0.3) is 5.91 Å². The standard InChI is InChI=1S/C19H16N4O/c24-19(23-21-12-14-5-3-4-10-20-14)16-11-18(13-8-9-13)22-17-7-2-1-6-15(16)17/h1-7,10-13H,8-9H2,(H,23,24)/b21-12-. The molecule has 118 valence electrons. The summed E-state index contributed by atoms with van der Waals surface area (Å²) in [5, 5.41) is 4.85. The highest BCUT2D eigenvalue weighted by atomic mass is 16.2. The molecule has 1 saturated carbocycles. The lowest BCUT2D eigenvalue weighted by Gasteiger charge is -2.08. The minimum atomic E-state index is -0.234. The SMILES string of the molecule is O=C(N/N=C\c1ccccn1)c1cc(C2CC2)nc2ccccc12. The van der Waals surface area contributed by atoms with E-state index in [9.17, 15) is 4.79 Å². The summed E-state index contributed by atoms with van der Waals surface area (Å²) >= 11 is 0. The van der Waals surface area contributed by atoms with Crippen molar-refractivity contribution in [3.05, 3.63) is 71.7 Å². The lowest BCUT2D eigenvalue weighted by Crippen LogP contribution is -2.18. The number of pyridine rings is 2. The zero-order valence-electron chi connectivity index (χ0n) is 13.0. The molecule has 1 aromatic carbocycles. The van der Waals surface area contributed by atoms with Crippen molar-refractivity contribution in [2.75, 3.05) is 0 Å². The molecule has 0 atom stereocenters. The molecule has 1 N–H and O–H groups in total. The van der Waals surface area contributed by atoms with Crippen LogP contribution in [0.1, 0.15) is 40.5 Å². The van der Waals surface area contributed by atoms with Gasteiger partial charge < -0.3 is 0 Å². The van der Waals surface area contributed by atoms with E-state index in [2.05, 4.69) is 20.5 Å². The average Bonchev–Trinajstić information content (AvgIpc) is 3.47. The molecule has 2 aromatic heterocycles. The zero-order valence-corrected chi connectivity index (χ0v) is 13.0. The number of benzene rings is 1. The maximum Gasteiger partial charge on any atom is 0.272 e. The maximum atomic E-state index is 12.6. The monoisotopic (exact) mass is 316 g/mol. The number of carbonyl (C=O) groups is 1. The van der Waals surface area contributed by atoms with Crippen LogP contribution in [0.3, 0.4) is 0 Å². The number of nitrogens with one attached hydrogen (secondary N) is 1. The molecule has 1 fully saturated rings. The summed E-state index contributed by atoms with van der Waals surface area (Å²) in [5.74, 6) is 0.251. The van der Waals surface area contributed by atoms with Gasteiger partial charge in [0.1, 0.15) is 0 Å². The first kappa shape index (κ1) is 14.5. The van der Waals surface area contributed by atoms with Crippen molar-refractivity contribution in [3.63, 3.8) is 0 Å². The molecule has 1 aliphatic rings. The number of fused-ring (bicyclic) bond motifs is 1. The van der Waals surface area contributed by atoms with Crippen molar-refractivity contribution in [2.24, 2.45) is 5.10 Å². The van der Waals surface area contributed by atoms with Crippen molar-refractivity contribution in [1.29, 1.82) is 0 Å². The molecule has 0 unspecified atom stereocenters. The summed E-state index contributed by atoms with van der Waals surface area (Å²) in [6, 6.07) is 15.1. The molecule has 0 spiro atoms. The first-order chi connectivity index (χ1) is 11.8. The fourth-order valence-corrected chi connectivity index (χ4v) is 2.64. The van der Waals surface area contributed by atoms with E-state index in [1.165, 1.54) is 6.21 Å². The summed E-state index contributed by atoms with van der Waals surface area (Å²) in [7, 11) is 0. The minimum absolute atomic E-state index is 0.234. The molecule has 0 radical (unpaired) electrons. The van der Waals surface area contributed by atoms with E-state index in [-0.39, 0.29) is 5.91 Å². The Morgan fingerprint density at radius 2 is 2.00 bits per heavy atom. The maximum absolute atomic E-state index is 12.6. The van der Waals surface area contributed by atoms with Crippen LogP contribution in [0.4, 0.5) is 0 Å². The molecule has 4 rings (SSSR count). The van der Waals surface area contributed by atoms with E-state index >= 15 is 0 Å². The summed E-state index contributed by atoms with van der Waals surface area (Å²) in [6.45, 7) is 0. The first-order valence-electron chi connectivity index (χ1n) is 7.95. The van der Waals surface area contributed by atoms with Gasteiger partial charge in [-0.1, -0.05) is 24.3 Å². The Morgan fingerprint density at radius 3 is 2.79 bits per heavy atom. The zero-order chi connectivity index (χ0) is 16.4.